The van der Waals surface area contributed by atoms with E-state index in [0.717, 1.165) is 14.9 Å². The molecule has 0 saturated heterocycles. The van der Waals surface area contributed by atoms with Gasteiger partial charge in [-0.25, -0.2) is 4.79 Å². The Labute approximate surface area is 117 Å². The van der Waals surface area contributed by atoms with E-state index in [4.69, 9.17) is 9.84 Å². The minimum Gasteiger partial charge on any atom is -0.487 e. The van der Waals surface area contributed by atoms with Crippen molar-refractivity contribution in [3.63, 3.8) is 0 Å². The molecular weight excluding hydrogens is 316 g/mol. The Kier molecular flexibility index (Phi) is 4.04. The van der Waals surface area contributed by atoms with Crippen molar-refractivity contribution in [2.45, 2.75) is 13.5 Å². The number of rotatable bonds is 4. The highest BCUT2D eigenvalue weighted by Gasteiger charge is 2.12. The van der Waals surface area contributed by atoms with Gasteiger partial charge in [0.2, 0.25) is 0 Å². The van der Waals surface area contributed by atoms with Crippen LogP contribution in [0.2, 0.25) is 0 Å². The van der Waals surface area contributed by atoms with Gasteiger partial charge in [-0.1, -0.05) is 11.6 Å². The van der Waals surface area contributed by atoms with Gasteiger partial charge < -0.3 is 9.84 Å². The van der Waals surface area contributed by atoms with Gasteiger partial charge in [0.15, 0.2) is 0 Å². The summed E-state index contributed by atoms with van der Waals surface area (Å²) in [6.07, 6.45) is 0. The van der Waals surface area contributed by atoms with Crippen molar-refractivity contribution >= 4 is 33.2 Å². The summed E-state index contributed by atoms with van der Waals surface area (Å²) in [6, 6.07) is 7.09. The fourth-order valence-corrected chi connectivity index (χ4v) is 2.89. The average Bonchev–Trinajstić information content (AvgIpc) is 2.73. The van der Waals surface area contributed by atoms with E-state index < -0.39 is 5.97 Å². The second-order valence-electron chi connectivity index (χ2n) is 3.79. The minimum absolute atomic E-state index is 0.197. The summed E-state index contributed by atoms with van der Waals surface area (Å²) in [5.41, 5.74) is 1.10. The van der Waals surface area contributed by atoms with Crippen LogP contribution in [0.4, 0.5) is 0 Å². The SMILES string of the molecule is Cc1ccc(OCc2sccc2Br)c(C(=O)O)c1. The first-order chi connectivity index (χ1) is 8.58. The van der Waals surface area contributed by atoms with Crippen LogP contribution < -0.4 is 4.74 Å². The van der Waals surface area contributed by atoms with Gasteiger partial charge in [0.1, 0.15) is 17.9 Å². The van der Waals surface area contributed by atoms with E-state index in [1.807, 2.05) is 24.4 Å². The van der Waals surface area contributed by atoms with Crippen LogP contribution in [0.1, 0.15) is 20.8 Å². The van der Waals surface area contributed by atoms with E-state index in [9.17, 15) is 4.79 Å². The smallest absolute Gasteiger partial charge is 0.339 e. The van der Waals surface area contributed by atoms with E-state index in [0.29, 0.717) is 12.4 Å². The number of ether oxygens (including phenoxy) is 1. The lowest BCUT2D eigenvalue weighted by atomic mass is 10.1. The first-order valence-corrected chi connectivity index (χ1v) is 6.94. The van der Waals surface area contributed by atoms with Crippen LogP contribution in [0.15, 0.2) is 34.1 Å². The molecule has 0 fully saturated rings. The summed E-state index contributed by atoms with van der Waals surface area (Å²) in [5.74, 6) is -0.577. The number of hydrogen-bond donors (Lipinski definition) is 1. The predicted molar refractivity (Wildman–Crippen MR) is 74.5 cm³/mol. The maximum atomic E-state index is 11.1. The first-order valence-electron chi connectivity index (χ1n) is 5.26. The first kappa shape index (κ1) is 13.1. The molecule has 0 spiro atoms. The van der Waals surface area contributed by atoms with Gasteiger partial charge in [0.25, 0.3) is 0 Å². The Morgan fingerprint density at radius 2 is 2.22 bits per heavy atom. The molecule has 0 amide bonds. The molecular formula is C13H11BrO3S. The summed E-state index contributed by atoms with van der Waals surface area (Å²) < 4.78 is 6.56. The van der Waals surface area contributed by atoms with Crippen LogP contribution in [0, 0.1) is 6.92 Å². The summed E-state index contributed by atoms with van der Waals surface area (Å²) in [6.45, 7) is 2.22. The third-order valence-electron chi connectivity index (χ3n) is 2.42. The average molecular weight is 327 g/mol. The molecule has 94 valence electrons. The van der Waals surface area contributed by atoms with Crippen molar-refractivity contribution in [1.29, 1.82) is 0 Å². The normalized spacial score (nSPS) is 10.3. The fourth-order valence-electron chi connectivity index (χ4n) is 1.51. The molecule has 0 atom stereocenters. The Morgan fingerprint density at radius 1 is 1.44 bits per heavy atom. The maximum Gasteiger partial charge on any atom is 0.339 e. The van der Waals surface area contributed by atoms with Crippen LogP contribution in [0.25, 0.3) is 0 Å². The van der Waals surface area contributed by atoms with E-state index in [-0.39, 0.29) is 5.56 Å². The Morgan fingerprint density at radius 3 is 2.83 bits per heavy atom. The molecule has 0 aliphatic heterocycles. The molecule has 0 radical (unpaired) electrons. The number of hydrogen-bond acceptors (Lipinski definition) is 3. The van der Waals surface area contributed by atoms with Gasteiger partial charge in [0.05, 0.1) is 4.88 Å². The van der Waals surface area contributed by atoms with Crippen LogP contribution in [0.5, 0.6) is 5.75 Å². The van der Waals surface area contributed by atoms with E-state index in [1.54, 1.807) is 23.5 Å². The molecule has 1 N–H and O–H groups in total. The molecule has 2 aromatic rings. The van der Waals surface area contributed by atoms with Crippen LogP contribution >= 0.6 is 27.3 Å². The molecule has 1 aromatic carbocycles. The topological polar surface area (TPSA) is 46.5 Å². The summed E-state index contributed by atoms with van der Waals surface area (Å²) >= 11 is 4.98. The zero-order valence-corrected chi connectivity index (χ0v) is 12.0. The zero-order valence-electron chi connectivity index (χ0n) is 9.64. The molecule has 0 unspecified atom stereocenters. The van der Waals surface area contributed by atoms with Gasteiger partial charge in [0, 0.05) is 4.47 Å². The number of carbonyl (C=O) groups is 1. The van der Waals surface area contributed by atoms with Crippen molar-refractivity contribution in [2.75, 3.05) is 0 Å². The number of benzene rings is 1. The second kappa shape index (κ2) is 5.54. The zero-order chi connectivity index (χ0) is 13.1. The molecule has 0 bridgehead atoms. The molecule has 0 aliphatic carbocycles. The van der Waals surface area contributed by atoms with Gasteiger partial charge >= 0.3 is 5.97 Å². The van der Waals surface area contributed by atoms with Crippen molar-refractivity contribution in [1.82, 2.24) is 0 Å². The van der Waals surface area contributed by atoms with E-state index >= 15 is 0 Å². The number of aryl methyl sites for hydroxylation is 1. The molecule has 0 saturated carbocycles. The molecule has 3 nitrogen and oxygen atoms in total. The monoisotopic (exact) mass is 326 g/mol. The van der Waals surface area contributed by atoms with E-state index in [1.165, 1.54) is 0 Å². The lowest BCUT2D eigenvalue weighted by molar-refractivity contribution is 0.0691. The highest BCUT2D eigenvalue weighted by Crippen LogP contribution is 2.26. The second-order valence-corrected chi connectivity index (χ2v) is 5.64. The van der Waals surface area contributed by atoms with E-state index in [2.05, 4.69) is 15.9 Å². The predicted octanol–water partition coefficient (Wildman–Crippen LogP) is 4.10. The summed E-state index contributed by atoms with van der Waals surface area (Å²) in [7, 11) is 0. The van der Waals surface area contributed by atoms with Crippen LogP contribution in [-0.2, 0) is 6.61 Å². The summed E-state index contributed by atoms with van der Waals surface area (Å²) in [4.78, 5) is 12.1. The Bertz CT molecular complexity index is 577. The van der Waals surface area contributed by atoms with Gasteiger partial charge in [-0.05, 0) is 46.4 Å². The highest BCUT2D eigenvalue weighted by atomic mass is 79.9. The molecule has 18 heavy (non-hydrogen) atoms. The molecule has 2 rings (SSSR count). The minimum atomic E-state index is -0.973. The fraction of sp³-hybridized carbons (Fsp3) is 0.154. The molecule has 5 heteroatoms. The van der Waals surface area contributed by atoms with Gasteiger partial charge in [-0.3, -0.25) is 0 Å². The third-order valence-corrected chi connectivity index (χ3v) is 4.32. The van der Waals surface area contributed by atoms with Crippen molar-refractivity contribution < 1.29 is 14.6 Å². The molecule has 1 aromatic heterocycles. The van der Waals surface area contributed by atoms with Crippen molar-refractivity contribution in [3.05, 3.63) is 50.1 Å². The maximum absolute atomic E-state index is 11.1. The number of halogens is 1. The van der Waals surface area contributed by atoms with Crippen molar-refractivity contribution in [3.8, 4) is 5.75 Å². The third kappa shape index (κ3) is 2.91. The highest BCUT2D eigenvalue weighted by molar-refractivity contribution is 9.10. The number of thiophene rings is 1. The lowest BCUT2D eigenvalue weighted by Gasteiger charge is -2.09. The molecule has 1 heterocycles. The Balaban J connectivity index is 2.19. The quantitative estimate of drug-likeness (QED) is 0.920. The number of aromatic carboxylic acids is 1. The van der Waals surface area contributed by atoms with Gasteiger partial charge in [-0.2, -0.15) is 0 Å². The lowest BCUT2D eigenvalue weighted by Crippen LogP contribution is -2.03. The van der Waals surface area contributed by atoms with Crippen LogP contribution in [0.3, 0.4) is 0 Å². The van der Waals surface area contributed by atoms with Crippen molar-refractivity contribution in [2.24, 2.45) is 0 Å². The van der Waals surface area contributed by atoms with Crippen LogP contribution in [-0.4, -0.2) is 11.1 Å². The largest absolute Gasteiger partial charge is 0.487 e. The standard InChI is InChI=1S/C13H11BrO3S/c1-8-2-3-11(9(6-8)13(15)16)17-7-12-10(14)4-5-18-12/h2-6H,7H2,1H3,(H,15,16). The number of carboxylic acid groups (broad SMARTS) is 1. The van der Waals surface area contributed by atoms with Gasteiger partial charge in [-0.15, -0.1) is 11.3 Å². The Hall–Kier alpha value is -1.33. The number of carboxylic acids is 1. The molecule has 0 aliphatic rings. The summed E-state index contributed by atoms with van der Waals surface area (Å²) in [5, 5.41) is 11.1.